The van der Waals surface area contributed by atoms with Crippen LogP contribution in [0.15, 0.2) is 53.7 Å². The van der Waals surface area contributed by atoms with E-state index in [1.807, 2.05) is 60.1 Å². The fraction of sp³-hybridized carbons (Fsp3) is 0.176. The molecule has 7 heteroatoms. The first-order valence-corrected chi connectivity index (χ1v) is 9.11. The van der Waals surface area contributed by atoms with Gasteiger partial charge in [-0.15, -0.1) is 10.2 Å². The molecule has 0 atom stereocenters. The number of benzene rings is 2. The molecule has 1 aromatic heterocycles. The summed E-state index contributed by atoms with van der Waals surface area (Å²) in [5, 5.41) is 14.2. The lowest BCUT2D eigenvalue weighted by molar-refractivity contribution is 0.744. The zero-order valence-corrected chi connectivity index (χ0v) is 15.4. The van der Waals surface area contributed by atoms with Crippen molar-refractivity contribution in [2.45, 2.75) is 17.5 Å². The first-order chi connectivity index (χ1) is 11.6. The van der Waals surface area contributed by atoms with Gasteiger partial charge in [0.15, 0.2) is 11.0 Å². The zero-order chi connectivity index (χ0) is 16.9. The van der Waals surface area contributed by atoms with E-state index in [0.29, 0.717) is 6.54 Å². The van der Waals surface area contributed by atoms with Crippen molar-refractivity contribution in [1.29, 1.82) is 0 Å². The van der Waals surface area contributed by atoms with Gasteiger partial charge in [0.25, 0.3) is 0 Å². The van der Waals surface area contributed by atoms with Crippen LogP contribution in [0.4, 0.5) is 5.69 Å². The standard InChI is InChI=1S/C17H16Cl2N4S/c1-23-16(10-20-15-8-6-14(19)7-9-15)21-22-17(23)24-11-12-2-4-13(18)5-3-12/h2-9,20H,10-11H2,1H3. The Hall–Kier alpha value is -1.69. The number of nitrogens with zero attached hydrogens (tertiary/aromatic N) is 3. The Labute approximate surface area is 155 Å². The minimum atomic E-state index is 0.604. The molecule has 0 spiro atoms. The molecule has 0 amide bonds. The van der Waals surface area contributed by atoms with E-state index in [4.69, 9.17) is 23.2 Å². The molecule has 0 bridgehead atoms. The van der Waals surface area contributed by atoms with Crippen molar-refractivity contribution in [3.05, 3.63) is 70.0 Å². The number of hydrogen-bond acceptors (Lipinski definition) is 4. The van der Waals surface area contributed by atoms with Crippen LogP contribution < -0.4 is 5.32 Å². The molecule has 0 unspecified atom stereocenters. The van der Waals surface area contributed by atoms with Gasteiger partial charge in [-0.25, -0.2) is 0 Å². The maximum Gasteiger partial charge on any atom is 0.191 e. The molecule has 0 aliphatic rings. The van der Waals surface area contributed by atoms with Crippen LogP contribution >= 0.6 is 35.0 Å². The summed E-state index contributed by atoms with van der Waals surface area (Å²) in [7, 11) is 1.98. The number of hydrogen-bond donors (Lipinski definition) is 1. The number of thioether (sulfide) groups is 1. The van der Waals surface area contributed by atoms with Crippen molar-refractivity contribution in [2.24, 2.45) is 7.05 Å². The molecular weight excluding hydrogens is 363 g/mol. The predicted molar refractivity (Wildman–Crippen MR) is 101 cm³/mol. The summed E-state index contributed by atoms with van der Waals surface area (Å²) in [6, 6.07) is 15.4. The molecule has 4 nitrogen and oxygen atoms in total. The molecular formula is C17H16Cl2N4S. The zero-order valence-electron chi connectivity index (χ0n) is 13.0. The second-order valence-electron chi connectivity index (χ2n) is 5.23. The van der Waals surface area contributed by atoms with E-state index in [-0.39, 0.29) is 0 Å². The summed E-state index contributed by atoms with van der Waals surface area (Å²) in [6.45, 7) is 0.604. The van der Waals surface area contributed by atoms with Crippen molar-refractivity contribution in [3.8, 4) is 0 Å². The molecule has 0 fully saturated rings. The van der Waals surface area contributed by atoms with Gasteiger partial charge in [0.2, 0.25) is 0 Å². The average Bonchev–Trinajstić information content (AvgIpc) is 2.94. The Kier molecular flexibility index (Phi) is 5.66. The summed E-state index contributed by atoms with van der Waals surface area (Å²) in [6.07, 6.45) is 0. The molecule has 0 aliphatic heterocycles. The quantitative estimate of drug-likeness (QED) is 0.611. The second kappa shape index (κ2) is 7.92. The summed E-state index contributed by atoms with van der Waals surface area (Å²) in [5.41, 5.74) is 2.20. The fourth-order valence-electron chi connectivity index (χ4n) is 2.10. The van der Waals surface area contributed by atoms with Gasteiger partial charge in [0.05, 0.1) is 6.54 Å². The van der Waals surface area contributed by atoms with Crippen LogP contribution in [-0.2, 0) is 19.3 Å². The molecule has 0 aliphatic carbocycles. The van der Waals surface area contributed by atoms with Crippen molar-refractivity contribution < 1.29 is 0 Å². The number of nitrogens with one attached hydrogen (secondary N) is 1. The average molecular weight is 379 g/mol. The van der Waals surface area contributed by atoms with E-state index in [2.05, 4.69) is 15.5 Å². The summed E-state index contributed by atoms with van der Waals surface area (Å²) < 4.78 is 2.00. The Morgan fingerprint density at radius 3 is 2.25 bits per heavy atom. The number of aromatic nitrogens is 3. The van der Waals surface area contributed by atoms with Gasteiger partial charge in [0.1, 0.15) is 0 Å². The lowest BCUT2D eigenvalue weighted by Crippen LogP contribution is -2.06. The molecule has 3 rings (SSSR count). The number of halogens is 2. The molecule has 0 saturated heterocycles. The Morgan fingerprint density at radius 2 is 1.58 bits per heavy atom. The first-order valence-electron chi connectivity index (χ1n) is 7.37. The second-order valence-corrected chi connectivity index (χ2v) is 7.05. The van der Waals surface area contributed by atoms with E-state index in [1.54, 1.807) is 11.8 Å². The van der Waals surface area contributed by atoms with Gasteiger partial charge < -0.3 is 9.88 Å². The summed E-state index contributed by atoms with van der Waals surface area (Å²) >= 11 is 13.4. The van der Waals surface area contributed by atoms with E-state index in [1.165, 1.54) is 5.56 Å². The topological polar surface area (TPSA) is 42.7 Å². The van der Waals surface area contributed by atoms with Crippen LogP contribution in [0, 0.1) is 0 Å². The predicted octanol–water partition coefficient (Wildman–Crippen LogP) is 5.03. The molecule has 2 aromatic carbocycles. The molecule has 3 aromatic rings. The van der Waals surface area contributed by atoms with E-state index >= 15 is 0 Å². The highest BCUT2D eigenvalue weighted by Crippen LogP contribution is 2.22. The van der Waals surface area contributed by atoms with Crippen LogP contribution in [0.1, 0.15) is 11.4 Å². The summed E-state index contributed by atoms with van der Waals surface area (Å²) in [4.78, 5) is 0. The largest absolute Gasteiger partial charge is 0.378 e. The third kappa shape index (κ3) is 4.44. The van der Waals surface area contributed by atoms with Gasteiger partial charge in [-0.1, -0.05) is 47.1 Å². The first kappa shape index (κ1) is 17.1. The SMILES string of the molecule is Cn1c(CNc2ccc(Cl)cc2)nnc1SCc1ccc(Cl)cc1. The van der Waals surface area contributed by atoms with Gasteiger partial charge in [-0.3, -0.25) is 0 Å². The minimum absolute atomic E-state index is 0.604. The summed E-state index contributed by atoms with van der Waals surface area (Å²) in [5.74, 6) is 1.71. The third-order valence-electron chi connectivity index (χ3n) is 3.50. The highest BCUT2D eigenvalue weighted by atomic mass is 35.5. The lowest BCUT2D eigenvalue weighted by atomic mass is 10.2. The smallest absolute Gasteiger partial charge is 0.191 e. The van der Waals surface area contributed by atoms with Crippen LogP contribution in [-0.4, -0.2) is 14.8 Å². The van der Waals surface area contributed by atoms with Gasteiger partial charge >= 0.3 is 0 Å². The molecule has 124 valence electrons. The van der Waals surface area contributed by atoms with Crippen LogP contribution in [0.25, 0.3) is 0 Å². The minimum Gasteiger partial charge on any atom is -0.378 e. The molecule has 1 N–H and O–H groups in total. The highest BCUT2D eigenvalue weighted by molar-refractivity contribution is 7.98. The normalized spacial score (nSPS) is 10.8. The van der Waals surface area contributed by atoms with E-state index < -0.39 is 0 Å². The van der Waals surface area contributed by atoms with Crippen LogP contribution in [0.5, 0.6) is 0 Å². The van der Waals surface area contributed by atoms with E-state index in [9.17, 15) is 0 Å². The highest BCUT2D eigenvalue weighted by Gasteiger charge is 2.09. The number of rotatable bonds is 6. The molecule has 1 heterocycles. The van der Waals surface area contributed by atoms with Crippen molar-refractivity contribution in [2.75, 3.05) is 5.32 Å². The van der Waals surface area contributed by atoms with Crippen molar-refractivity contribution in [3.63, 3.8) is 0 Å². The number of anilines is 1. The van der Waals surface area contributed by atoms with E-state index in [0.717, 1.165) is 32.5 Å². The lowest BCUT2D eigenvalue weighted by Gasteiger charge is -2.07. The van der Waals surface area contributed by atoms with Crippen LogP contribution in [0.2, 0.25) is 10.0 Å². The molecule has 0 radical (unpaired) electrons. The van der Waals surface area contributed by atoms with Crippen LogP contribution in [0.3, 0.4) is 0 Å². The molecule has 24 heavy (non-hydrogen) atoms. The van der Waals surface area contributed by atoms with Gasteiger partial charge in [-0.05, 0) is 42.0 Å². The van der Waals surface area contributed by atoms with Crippen molar-refractivity contribution >= 4 is 40.7 Å². The Balaban J connectivity index is 1.58. The van der Waals surface area contributed by atoms with Crippen molar-refractivity contribution in [1.82, 2.24) is 14.8 Å². The Morgan fingerprint density at radius 1 is 0.958 bits per heavy atom. The Bertz CT molecular complexity index is 733. The maximum atomic E-state index is 5.90. The van der Waals surface area contributed by atoms with Gasteiger partial charge in [-0.2, -0.15) is 0 Å². The monoisotopic (exact) mass is 378 g/mol. The fourth-order valence-corrected chi connectivity index (χ4v) is 3.24. The maximum absolute atomic E-state index is 5.90. The molecule has 0 saturated carbocycles. The van der Waals surface area contributed by atoms with Gasteiger partial charge in [0, 0.05) is 28.5 Å². The third-order valence-corrected chi connectivity index (χ3v) is 5.10.